The van der Waals surface area contributed by atoms with Gasteiger partial charge >= 0.3 is 0 Å². The minimum atomic E-state index is -0.670. The monoisotopic (exact) mass is 518 g/mol. The molecule has 0 aromatic heterocycles. The number of halogens is 2. The van der Waals surface area contributed by atoms with E-state index in [4.69, 9.17) is 16.3 Å². The van der Waals surface area contributed by atoms with E-state index in [9.17, 15) is 14.7 Å². The summed E-state index contributed by atoms with van der Waals surface area (Å²) < 4.78 is 6.28. The van der Waals surface area contributed by atoms with Crippen LogP contribution < -0.4 is 0 Å². The van der Waals surface area contributed by atoms with Gasteiger partial charge in [0.25, 0.3) is 11.7 Å². The second-order valence-corrected chi connectivity index (χ2v) is 9.21. The number of aliphatic hydroxyl groups is 1. The fourth-order valence-corrected chi connectivity index (χ4v) is 4.55. The van der Waals surface area contributed by atoms with Gasteiger partial charge in [-0.2, -0.15) is 0 Å². The molecule has 2 aromatic rings. The average Bonchev–Trinajstić information content (AvgIpc) is 3.05. The first-order valence-electron chi connectivity index (χ1n) is 10.6. The number of morpholine rings is 1. The molecular weight excluding hydrogens is 496 g/mol. The number of Topliss-reactive ketones (excluding diaryl/α,β-unsaturated/α-hetero) is 1. The largest absolute Gasteiger partial charge is 0.507 e. The minimum Gasteiger partial charge on any atom is -0.507 e. The molecule has 0 aliphatic carbocycles. The molecule has 0 radical (unpaired) electrons. The van der Waals surface area contributed by atoms with Crippen molar-refractivity contribution in [3.8, 4) is 0 Å². The van der Waals surface area contributed by atoms with Crippen LogP contribution in [0.3, 0.4) is 0 Å². The predicted octanol–water partition coefficient (Wildman–Crippen LogP) is 4.25. The Hall–Kier alpha value is -2.19. The highest BCUT2D eigenvalue weighted by Crippen LogP contribution is 2.39. The van der Waals surface area contributed by atoms with Gasteiger partial charge in [0.1, 0.15) is 5.76 Å². The highest BCUT2D eigenvalue weighted by Gasteiger charge is 2.45. The molecule has 2 fully saturated rings. The van der Waals surface area contributed by atoms with Gasteiger partial charge in [0, 0.05) is 41.2 Å². The maximum absolute atomic E-state index is 13.0. The second-order valence-electron chi connectivity index (χ2n) is 7.86. The molecular formula is C24H24BrClN2O4. The summed E-state index contributed by atoms with van der Waals surface area (Å²) in [6, 6.07) is 13.4. The molecule has 0 unspecified atom stereocenters. The number of hydrogen-bond acceptors (Lipinski definition) is 5. The zero-order valence-corrected chi connectivity index (χ0v) is 19.8. The summed E-state index contributed by atoms with van der Waals surface area (Å²) in [5.41, 5.74) is 1.32. The molecule has 2 saturated heterocycles. The first-order valence-corrected chi connectivity index (χ1v) is 11.7. The number of benzene rings is 2. The predicted molar refractivity (Wildman–Crippen MR) is 126 cm³/mol. The summed E-state index contributed by atoms with van der Waals surface area (Å²) in [5, 5.41) is 11.6. The van der Waals surface area contributed by atoms with Gasteiger partial charge in [-0.15, -0.1) is 0 Å². The van der Waals surface area contributed by atoms with Crippen molar-refractivity contribution < 1.29 is 19.4 Å². The van der Waals surface area contributed by atoms with Crippen molar-refractivity contribution in [3.63, 3.8) is 0 Å². The number of carbonyl (C=O) groups is 2. The van der Waals surface area contributed by atoms with E-state index >= 15 is 0 Å². The van der Waals surface area contributed by atoms with Crippen LogP contribution in [0.15, 0.2) is 58.6 Å². The maximum atomic E-state index is 13.0. The van der Waals surface area contributed by atoms with Gasteiger partial charge in [0.05, 0.1) is 24.8 Å². The second kappa shape index (κ2) is 10.2. The molecule has 6 nitrogen and oxygen atoms in total. The summed E-state index contributed by atoms with van der Waals surface area (Å²) in [7, 11) is 0. The molecule has 0 saturated carbocycles. The van der Waals surface area contributed by atoms with E-state index in [0.717, 1.165) is 36.1 Å². The number of ether oxygens (including phenoxy) is 1. The summed E-state index contributed by atoms with van der Waals surface area (Å²) in [6.07, 6.45) is 0.723. The Morgan fingerprint density at radius 3 is 2.34 bits per heavy atom. The number of likely N-dealkylation sites (tertiary alicyclic amines) is 1. The highest BCUT2D eigenvalue weighted by atomic mass is 79.9. The molecule has 1 amide bonds. The standard InChI is InChI=1S/C24H24BrClN2O4/c25-18-6-2-16(3-7-18)21-20(22(29)17-4-8-19(26)9-5-17)23(30)24(31)28(21)11-1-10-27-12-14-32-15-13-27/h2-9,21,29H,1,10-15H2/b22-20+/t21-/m1/s1. The third kappa shape index (κ3) is 4.91. The van der Waals surface area contributed by atoms with Crippen LogP contribution in [-0.2, 0) is 14.3 Å². The van der Waals surface area contributed by atoms with Gasteiger partial charge in [-0.3, -0.25) is 14.5 Å². The fourth-order valence-electron chi connectivity index (χ4n) is 4.15. The Labute approximate surface area is 200 Å². The fraction of sp³-hybridized carbons (Fsp3) is 0.333. The number of rotatable bonds is 6. The van der Waals surface area contributed by atoms with Crippen molar-refractivity contribution in [3.05, 3.63) is 74.7 Å². The maximum Gasteiger partial charge on any atom is 0.295 e. The molecule has 0 bridgehead atoms. The first-order chi connectivity index (χ1) is 15.5. The summed E-state index contributed by atoms with van der Waals surface area (Å²) >= 11 is 9.40. The molecule has 0 spiro atoms. The molecule has 8 heteroatoms. The van der Waals surface area contributed by atoms with E-state index in [-0.39, 0.29) is 11.3 Å². The number of ketones is 1. The van der Waals surface area contributed by atoms with Crippen LogP contribution in [0.1, 0.15) is 23.6 Å². The topological polar surface area (TPSA) is 70.1 Å². The van der Waals surface area contributed by atoms with Crippen molar-refractivity contribution in [1.29, 1.82) is 0 Å². The van der Waals surface area contributed by atoms with Gasteiger partial charge in [0.2, 0.25) is 0 Å². The molecule has 1 N–H and O–H groups in total. The molecule has 2 aliphatic heterocycles. The lowest BCUT2D eigenvalue weighted by atomic mass is 9.95. The third-order valence-electron chi connectivity index (χ3n) is 5.82. The summed E-state index contributed by atoms with van der Waals surface area (Å²) in [4.78, 5) is 29.9. The Balaban J connectivity index is 1.66. The van der Waals surface area contributed by atoms with Gasteiger partial charge in [-0.1, -0.05) is 39.7 Å². The first kappa shape index (κ1) is 23.0. The average molecular weight is 520 g/mol. The van der Waals surface area contributed by atoms with E-state index in [0.29, 0.717) is 30.3 Å². The van der Waals surface area contributed by atoms with Crippen LogP contribution in [0.25, 0.3) is 5.76 Å². The van der Waals surface area contributed by atoms with Crippen molar-refractivity contribution in [1.82, 2.24) is 9.80 Å². The third-order valence-corrected chi connectivity index (χ3v) is 6.60. The van der Waals surface area contributed by atoms with Crippen molar-refractivity contribution in [2.45, 2.75) is 12.5 Å². The minimum absolute atomic E-state index is 0.103. The number of nitrogens with zero attached hydrogens (tertiary/aromatic N) is 2. The lowest BCUT2D eigenvalue weighted by molar-refractivity contribution is -0.140. The smallest absolute Gasteiger partial charge is 0.295 e. The van der Waals surface area contributed by atoms with E-state index in [1.54, 1.807) is 29.2 Å². The Bertz CT molecular complexity index is 1020. The van der Waals surface area contributed by atoms with E-state index < -0.39 is 17.7 Å². The van der Waals surface area contributed by atoms with E-state index in [1.165, 1.54) is 0 Å². The van der Waals surface area contributed by atoms with Crippen LogP contribution in [0.4, 0.5) is 0 Å². The molecule has 2 aromatic carbocycles. The molecule has 2 aliphatic rings. The number of aliphatic hydroxyl groups excluding tert-OH is 1. The SMILES string of the molecule is O=C1C(=O)N(CCCN2CCOCC2)[C@H](c2ccc(Br)cc2)/C1=C(\O)c1ccc(Cl)cc1. The highest BCUT2D eigenvalue weighted by molar-refractivity contribution is 9.10. The van der Waals surface area contributed by atoms with Crippen molar-refractivity contribution in [2.24, 2.45) is 0 Å². The lowest BCUT2D eigenvalue weighted by Gasteiger charge is -2.29. The number of amides is 1. The van der Waals surface area contributed by atoms with Gasteiger partial charge in [-0.05, 0) is 48.4 Å². The number of hydrogen-bond donors (Lipinski definition) is 1. The summed E-state index contributed by atoms with van der Waals surface area (Å²) in [5.74, 6) is -1.45. The quantitative estimate of drug-likeness (QED) is 0.351. The zero-order valence-electron chi connectivity index (χ0n) is 17.5. The molecule has 1 atom stereocenters. The lowest BCUT2D eigenvalue weighted by Crippen LogP contribution is -2.38. The molecule has 4 rings (SSSR count). The van der Waals surface area contributed by atoms with Crippen LogP contribution in [-0.4, -0.2) is 66.0 Å². The van der Waals surface area contributed by atoms with Gasteiger partial charge in [0.15, 0.2) is 0 Å². The van der Waals surface area contributed by atoms with Crippen molar-refractivity contribution >= 4 is 45.0 Å². The molecule has 32 heavy (non-hydrogen) atoms. The van der Waals surface area contributed by atoms with Crippen LogP contribution in [0, 0.1) is 0 Å². The van der Waals surface area contributed by atoms with E-state index in [2.05, 4.69) is 20.8 Å². The molecule has 2 heterocycles. The van der Waals surface area contributed by atoms with Gasteiger partial charge in [-0.25, -0.2) is 0 Å². The zero-order chi connectivity index (χ0) is 22.7. The number of carbonyl (C=O) groups excluding carboxylic acids is 2. The van der Waals surface area contributed by atoms with E-state index in [1.807, 2.05) is 24.3 Å². The summed E-state index contributed by atoms with van der Waals surface area (Å²) in [6.45, 7) is 4.39. The molecule has 168 valence electrons. The Kier molecular flexibility index (Phi) is 7.30. The normalized spacial score (nSPS) is 21.3. The van der Waals surface area contributed by atoms with Crippen LogP contribution >= 0.6 is 27.5 Å². The Morgan fingerprint density at radius 1 is 1.03 bits per heavy atom. The van der Waals surface area contributed by atoms with Crippen LogP contribution in [0.5, 0.6) is 0 Å². The Morgan fingerprint density at radius 2 is 1.69 bits per heavy atom. The van der Waals surface area contributed by atoms with Crippen LogP contribution in [0.2, 0.25) is 5.02 Å². The van der Waals surface area contributed by atoms with Crippen molar-refractivity contribution in [2.75, 3.05) is 39.4 Å². The van der Waals surface area contributed by atoms with Gasteiger partial charge < -0.3 is 14.7 Å².